The summed E-state index contributed by atoms with van der Waals surface area (Å²) in [5, 5.41) is 0.579. The van der Waals surface area contributed by atoms with Gasteiger partial charge in [-0.25, -0.2) is 13.4 Å². The lowest BCUT2D eigenvalue weighted by Gasteiger charge is -2.20. The number of benzene rings is 2. The van der Waals surface area contributed by atoms with Gasteiger partial charge in [-0.05, 0) is 60.9 Å². The zero-order chi connectivity index (χ0) is 23.0. The molecule has 1 saturated carbocycles. The van der Waals surface area contributed by atoms with Crippen molar-refractivity contribution in [3.05, 3.63) is 84.2 Å². The average molecular weight is 479 g/mol. The largest absolute Gasteiger partial charge is 0.279 e. The van der Waals surface area contributed by atoms with E-state index >= 15 is 0 Å². The van der Waals surface area contributed by atoms with Gasteiger partial charge in [-0.1, -0.05) is 29.5 Å². The van der Waals surface area contributed by atoms with Crippen LogP contribution in [0.25, 0.3) is 10.2 Å². The molecular weight excluding hydrogens is 456 g/mol. The third-order valence-corrected chi connectivity index (χ3v) is 8.65. The highest BCUT2D eigenvalue weighted by Crippen LogP contribution is 2.32. The molecule has 1 fully saturated rings. The fraction of sp³-hybridized carbons (Fsp3) is 0.208. The molecule has 0 saturated heterocycles. The fourth-order valence-corrected chi connectivity index (χ4v) is 5.98. The topological polar surface area (TPSA) is 83.5 Å². The summed E-state index contributed by atoms with van der Waals surface area (Å²) in [5.74, 6) is -0.252. The number of thiazole rings is 1. The summed E-state index contributed by atoms with van der Waals surface area (Å²) in [5.41, 5.74) is 2.09. The zero-order valence-corrected chi connectivity index (χ0v) is 19.6. The van der Waals surface area contributed by atoms with E-state index in [9.17, 15) is 13.2 Å². The van der Waals surface area contributed by atoms with Crippen LogP contribution in [0.15, 0.2) is 78.0 Å². The molecule has 0 spiro atoms. The van der Waals surface area contributed by atoms with Gasteiger partial charge in [-0.3, -0.25) is 14.7 Å². The van der Waals surface area contributed by atoms with Crippen molar-refractivity contribution in [1.29, 1.82) is 0 Å². The standard InChI is InChI=1S/C24H22N4O3S2/c1-27(19-10-11-19)33(30,31)20-12-8-18(9-13-20)23(29)28(16-17-5-4-14-25-15-17)24-26-21-6-2-3-7-22(21)32-24/h2-9,12-15,19H,10-11,16H2,1H3. The van der Waals surface area contributed by atoms with Crippen molar-refractivity contribution in [1.82, 2.24) is 14.3 Å². The predicted molar refractivity (Wildman–Crippen MR) is 129 cm³/mol. The van der Waals surface area contributed by atoms with Crippen LogP contribution in [0.1, 0.15) is 28.8 Å². The van der Waals surface area contributed by atoms with E-state index in [0.717, 1.165) is 28.6 Å². The van der Waals surface area contributed by atoms with E-state index in [0.29, 0.717) is 17.2 Å². The Hall–Kier alpha value is -3.14. The number of nitrogens with zero attached hydrogens (tertiary/aromatic N) is 4. The number of hydrogen-bond acceptors (Lipinski definition) is 6. The summed E-state index contributed by atoms with van der Waals surface area (Å²) in [6.07, 6.45) is 5.18. The normalized spacial score (nSPS) is 14.0. The van der Waals surface area contributed by atoms with Crippen LogP contribution in [0.2, 0.25) is 0 Å². The van der Waals surface area contributed by atoms with Gasteiger partial charge >= 0.3 is 0 Å². The van der Waals surface area contributed by atoms with Crippen LogP contribution >= 0.6 is 11.3 Å². The number of rotatable bonds is 7. The van der Waals surface area contributed by atoms with Gasteiger partial charge in [-0.2, -0.15) is 4.31 Å². The summed E-state index contributed by atoms with van der Waals surface area (Å²) in [6, 6.07) is 17.7. The van der Waals surface area contributed by atoms with Crippen molar-refractivity contribution >= 4 is 42.6 Å². The third-order valence-electron chi connectivity index (χ3n) is 5.66. The highest BCUT2D eigenvalue weighted by Gasteiger charge is 2.35. The third kappa shape index (κ3) is 4.39. The van der Waals surface area contributed by atoms with Crippen molar-refractivity contribution in [2.24, 2.45) is 0 Å². The second-order valence-corrected chi connectivity index (χ2v) is 11.0. The van der Waals surface area contributed by atoms with Crippen molar-refractivity contribution in [2.75, 3.05) is 11.9 Å². The first-order valence-corrected chi connectivity index (χ1v) is 12.8. The maximum atomic E-state index is 13.6. The molecule has 0 unspecified atom stereocenters. The first-order chi connectivity index (χ1) is 15.9. The Labute approximate surface area is 196 Å². The number of fused-ring (bicyclic) bond motifs is 1. The Kier molecular flexibility index (Phi) is 5.69. The molecule has 1 aliphatic rings. The van der Waals surface area contributed by atoms with Crippen LogP contribution in [0.5, 0.6) is 0 Å². The van der Waals surface area contributed by atoms with E-state index < -0.39 is 10.0 Å². The molecule has 2 aromatic heterocycles. The molecule has 4 aromatic rings. The van der Waals surface area contributed by atoms with Crippen molar-refractivity contribution in [3.8, 4) is 0 Å². The van der Waals surface area contributed by atoms with Crippen molar-refractivity contribution in [2.45, 2.75) is 30.3 Å². The Morgan fingerprint density at radius 2 is 1.82 bits per heavy atom. The number of amides is 1. The van der Waals surface area contributed by atoms with Crippen LogP contribution in [0, 0.1) is 0 Å². The van der Waals surface area contributed by atoms with E-state index in [2.05, 4.69) is 9.97 Å². The Morgan fingerprint density at radius 1 is 1.06 bits per heavy atom. The van der Waals surface area contributed by atoms with Gasteiger partial charge in [0.25, 0.3) is 5.91 Å². The first kappa shape index (κ1) is 21.7. The molecule has 0 atom stereocenters. The smallest absolute Gasteiger partial charge is 0.260 e. The highest BCUT2D eigenvalue weighted by molar-refractivity contribution is 7.89. The fourth-order valence-electron chi connectivity index (χ4n) is 3.60. The second kappa shape index (κ2) is 8.66. The summed E-state index contributed by atoms with van der Waals surface area (Å²) in [4.78, 5) is 24.2. The number of sulfonamides is 1. The first-order valence-electron chi connectivity index (χ1n) is 10.6. The van der Waals surface area contributed by atoms with Gasteiger partial charge in [0.1, 0.15) is 0 Å². The molecule has 5 rings (SSSR count). The number of carbonyl (C=O) groups excluding carboxylic acids is 1. The predicted octanol–water partition coefficient (Wildman–Crippen LogP) is 4.32. The number of hydrogen-bond donors (Lipinski definition) is 0. The molecule has 33 heavy (non-hydrogen) atoms. The number of pyridine rings is 1. The minimum atomic E-state index is -3.57. The summed E-state index contributed by atoms with van der Waals surface area (Å²) in [7, 11) is -1.96. The highest BCUT2D eigenvalue weighted by atomic mass is 32.2. The molecule has 7 nitrogen and oxygen atoms in total. The molecule has 1 amide bonds. The van der Waals surface area contributed by atoms with Crippen LogP contribution in [-0.2, 0) is 16.6 Å². The average Bonchev–Trinajstić information content (AvgIpc) is 3.60. The molecule has 0 N–H and O–H groups in total. The summed E-state index contributed by atoms with van der Waals surface area (Å²) < 4.78 is 28.0. The molecule has 9 heteroatoms. The zero-order valence-electron chi connectivity index (χ0n) is 18.0. The molecule has 0 aliphatic heterocycles. The maximum absolute atomic E-state index is 13.6. The van der Waals surface area contributed by atoms with Crippen LogP contribution in [0.4, 0.5) is 5.13 Å². The van der Waals surface area contributed by atoms with E-state index in [4.69, 9.17) is 0 Å². The summed E-state index contributed by atoms with van der Waals surface area (Å²) >= 11 is 1.44. The monoisotopic (exact) mass is 478 g/mol. The molecule has 1 aliphatic carbocycles. The lowest BCUT2D eigenvalue weighted by Crippen LogP contribution is -2.31. The van der Waals surface area contributed by atoms with Gasteiger partial charge in [0, 0.05) is 31.0 Å². The van der Waals surface area contributed by atoms with E-state index in [-0.39, 0.29) is 16.8 Å². The number of aromatic nitrogens is 2. The van der Waals surface area contributed by atoms with Crippen LogP contribution < -0.4 is 4.90 Å². The molecular formula is C24H22N4O3S2. The second-order valence-electron chi connectivity index (χ2n) is 7.99. The molecule has 168 valence electrons. The van der Waals surface area contributed by atoms with Gasteiger partial charge in [0.15, 0.2) is 5.13 Å². The number of carbonyl (C=O) groups is 1. The van der Waals surface area contributed by atoms with Gasteiger partial charge in [0.2, 0.25) is 10.0 Å². The lowest BCUT2D eigenvalue weighted by molar-refractivity contribution is 0.0985. The number of para-hydroxylation sites is 1. The van der Waals surface area contributed by atoms with Crippen LogP contribution in [0.3, 0.4) is 0 Å². The Morgan fingerprint density at radius 3 is 2.48 bits per heavy atom. The molecule has 2 heterocycles. The Bertz CT molecular complexity index is 1370. The van der Waals surface area contributed by atoms with E-state index in [1.807, 2.05) is 36.4 Å². The van der Waals surface area contributed by atoms with Crippen molar-refractivity contribution in [3.63, 3.8) is 0 Å². The lowest BCUT2D eigenvalue weighted by atomic mass is 10.2. The minimum absolute atomic E-state index is 0.0744. The molecule has 0 bridgehead atoms. The summed E-state index contributed by atoms with van der Waals surface area (Å²) in [6.45, 7) is 0.303. The number of anilines is 1. The van der Waals surface area contributed by atoms with E-state index in [1.54, 1.807) is 36.5 Å². The van der Waals surface area contributed by atoms with Gasteiger partial charge in [0.05, 0.1) is 21.7 Å². The minimum Gasteiger partial charge on any atom is -0.279 e. The van der Waals surface area contributed by atoms with Crippen LogP contribution in [-0.4, -0.2) is 41.7 Å². The SMILES string of the molecule is CN(C1CC1)S(=O)(=O)c1ccc(C(=O)N(Cc2cccnc2)c2nc3ccccc3s2)cc1. The Balaban J connectivity index is 1.47. The van der Waals surface area contributed by atoms with Gasteiger partial charge in [-0.15, -0.1) is 0 Å². The van der Waals surface area contributed by atoms with Crippen molar-refractivity contribution < 1.29 is 13.2 Å². The van der Waals surface area contributed by atoms with E-state index in [1.165, 1.54) is 27.8 Å². The van der Waals surface area contributed by atoms with Gasteiger partial charge < -0.3 is 0 Å². The molecule has 2 aromatic carbocycles. The molecule has 0 radical (unpaired) electrons. The maximum Gasteiger partial charge on any atom is 0.260 e. The quantitative estimate of drug-likeness (QED) is 0.395.